The molecule has 0 amide bonds. The van der Waals surface area contributed by atoms with E-state index in [1.807, 2.05) is 37.2 Å². The van der Waals surface area contributed by atoms with E-state index in [9.17, 15) is 9.59 Å². The van der Waals surface area contributed by atoms with E-state index in [0.29, 0.717) is 0 Å². The molecule has 0 unspecified atom stereocenters. The van der Waals surface area contributed by atoms with Crippen LogP contribution < -0.4 is 5.23 Å². The maximum Gasteiger partial charge on any atom is 0.307 e. The van der Waals surface area contributed by atoms with E-state index in [1.165, 1.54) is 19.8 Å². The summed E-state index contributed by atoms with van der Waals surface area (Å²) in [5.74, 6) is -0.688. The van der Waals surface area contributed by atoms with Gasteiger partial charge in [-0.25, -0.2) is 0 Å². The third kappa shape index (κ3) is 6.95. The van der Waals surface area contributed by atoms with Gasteiger partial charge in [-0.1, -0.05) is 42.7 Å². The smallest absolute Gasteiger partial charge is 0.307 e. The molecule has 0 aromatic heterocycles. The van der Waals surface area contributed by atoms with Gasteiger partial charge in [-0.05, 0) is 6.32 Å². The molecular weight excluding hydrogens is 269 g/mol. The Morgan fingerprint density at radius 1 is 1.10 bits per heavy atom. The Labute approximate surface area is 126 Å². The fourth-order valence-corrected chi connectivity index (χ4v) is 2.19. The molecule has 1 aromatic rings. The Balaban J connectivity index is 2.57. The average Bonchev–Trinajstić information content (AvgIpc) is 2.47. The van der Waals surface area contributed by atoms with Crippen LogP contribution in [-0.4, -0.2) is 39.0 Å². The first-order chi connectivity index (χ1) is 10.0. The van der Waals surface area contributed by atoms with Gasteiger partial charge in [-0.2, -0.15) is 0 Å². The minimum absolute atomic E-state index is 0.131. The number of hydrogen-bond acceptors (Lipinski definition) is 5. The van der Waals surface area contributed by atoms with Gasteiger partial charge in [0.15, 0.2) is 0 Å². The zero-order chi connectivity index (χ0) is 15.7. The van der Waals surface area contributed by atoms with Crippen LogP contribution >= 0.6 is 0 Å². The van der Waals surface area contributed by atoms with Gasteiger partial charge in [0.05, 0.1) is 27.1 Å². The zero-order valence-electron chi connectivity index (χ0n) is 12.8. The number of methoxy groups -OCH3 is 2. The first-order valence-corrected chi connectivity index (χ1v) is 6.98. The Hall–Kier alpha value is -1.82. The second-order valence-electron chi connectivity index (χ2n) is 5.01. The van der Waals surface area contributed by atoms with Crippen LogP contribution in [0.3, 0.4) is 0 Å². The molecule has 0 aliphatic carbocycles. The number of nitrogens with one attached hydrogen (secondary N) is 1. The Morgan fingerprint density at radius 3 is 2.10 bits per heavy atom. The zero-order valence-corrected chi connectivity index (χ0v) is 12.8. The van der Waals surface area contributed by atoms with Crippen LogP contribution in [0.2, 0.25) is 6.82 Å². The lowest BCUT2D eigenvalue weighted by atomic mass is 9.59. The third-order valence-corrected chi connectivity index (χ3v) is 3.19. The molecule has 1 aromatic carbocycles. The molecule has 1 N–H and O–H groups in total. The molecule has 0 saturated heterocycles. The normalized spacial score (nSPS) is 10.3. The average molecular weight is 291 g/mol. The summed E-state index contributed by atoms with van der Waals surface area (Å²) < 4.78 is 9.33. The largest absolute Gasteiger partial charge is 0.469 e. The van der Waals surface area contributed by atoms with Gasteiger partial charge in [0.1, 0.15) is 0 Å². The van der Waals surface area contributed by atoms with Crippen molar-refractivity contribution in [2.24, 2.45) is 0 Å². The summed E-state index contributed by atoms with van der Waals surface area (Å²) in [5.41, 5.74) is 1.20. The van der Waals surface area contributed by atoms with Crippen LogP contribution in [0.5, 0.6) is 0 Å². The Bertz CT molecular complexity index is 434. The maximum atomic E-state index is 11.4. The number of esters is 2. The van der Waals surface area contributed by atoms with E-state index in [0.717, 1.165) is 6.32 Å². The highest BCUT2D eigenvalue weighted by molar-refractivity contribution is 6.54. The van der Waals surface area contributed by atoms with Gasteiger partial charge in [0.2, 0.25) is 6.85 Å². The van der Waals surface area contributed by atoms with Crippen molar-refractivity contribution < 1.29 is 19.1 Å². The summed E-state index contributed by atoms with van der Waals surface area (Å²) in [6, 6.07) is 9.76. The van der Waals surface area contributed by atoms with Gasteiger partial charge < -0.3 is 14.7 Å². The molecule has 0 radical (unpaired) electrons. The van der Waals surface area contributed by atoms with Gasteiger partial charge >= 0.3 is 11.9 Å². The van der Waals surface area contributed by atoms with Crippen LogP contribution in [0.25, 0.3) is 0 Å². The van der Waals surface area contributed by atoms with Crippen molar-refractivity contribution in [2.75, 3.05) is 14.2 Å². The molecule has 0 aliphatic heterocycles. The van der Waals surface area contributed by atoms with Crippen molar-refractivity contribution >= 4 is 18.8 Å². The quantitative estimate of drug-likeness (QED) is 0.580. The molecule has 6 heteroatoms. The van der Waals surface area contributed by atoms with Crippen LogP contribution in [0.1, 0.15) is 18.4 Å². The molecular formula is C15H22BNO4. The SMILES string of the molecule is COC(=O)CC(CC(=O)OC)NB(C)Cc1ccccc1. The Kier molecular flexibility index (Phi) is 7.54. The van der Waals surface area contributed by atoms with Gasteiger partial charge in [0, 0.05) is 6.04 Å². The topological polar surface area (TPSA) is 64.6 Å². The molecule has 0 atom stereocenters. The van der Waals surface area contributed by atoms with Crippen molar-refractivity contribution in [3.8, 4) is 0 Å². The number of hydrogen-bond donors (Lipinski definition) is 1. The highest BCUT2D eigenvalue weighted by Crippen LogP contribution is 2.06. The standard InChI is InChI=1S/C15H22BNO4/c1-16(11-12-7-5-4-6-8-12)17-13(9-14(18)20-2)10-15(19)21-3/h4-8,13,17H,9-11H2,1-3H3. The first-order valence-electron chi connectivity index (χ1n) is 6.98. The fourth-order valence-electron chi connectivity index (χ4n) is 2.19. The Morgan fingerprint density at radius 2 is 1.62 bits per heavy atom. The predicted molar refractivity (Wildman–Crippen MR) is 82.0 cm³/mol. The molecule has 0 fully saturated rings. The van der Waals surface area contributed by atoms with Crippen LogP contribution in [0.4, 0.5) is 0 Å². The summed E-state index contributed by atoms with van der Waals surface area (Å²) in [6.45, 7) is 2.15. The fraction of sp³-hybridized carbons (Fsp3) is 0.467. The minimum atomic E-state index is -0.344. The summed E-state index contributed by atoms with van der Waals surface area (Å²) in [6.07, 6.45) is 1.11. The highest BCUT2D eigenvalue weighted by atomic mass is 16.5. The summed E-state index contributed by atoms with van der Waals surface area (Å²) in [5, 5.41) is 3.29. The lowest BCUT2D eigenvalue weighted by molar-refractivity contribution is -0.143. The maximum absolute atomic E-state index is 11.4. The molecule has 5 nitrogen and oxygen atoms in total. The van der Waals surface area contributed by atoms with E-state index in [1.54, 1.807) is 0 Å². The second-order valence-corrected chi connectivity index (χ2v) is 5.01. The van der Waals surface area contributed by atoms with Crippen molar-refractivity contribution in [3.05, 3.63) is 35.9 Å². The van der Waals surface area contributed by atoms with Crippen LogP contribution in [0.15, 0.2) is 30.3 Å². The number of benzene rings is 1. The number of rotatable bonds is 8. The summed E-state index contributed by atoms with van der Waals surface area (Å²) in [4.78, 5) is 22.8. The number of carbonyl (C=O) groups is 2. The van der Waals surface area contributed by atoms with Gasteiger partial charge in [-0.15, -0.1) is 0 Å². The van der Waals surface area contributed by atoms with Crippen molar-refractivity contribution in [2.45, 2.75) is 32.0 Å². The molecule has 0 heterocycles. The minimum Gasteiger partial charge on any atom is -0.469 e. The molecule has 0 spiro atoms. The van der Waals surface area contributed by atoms with E-state index < -0.39 is 0 Å². The molecule has 114 valence electrons. The summed E-state index contributed by atoms with van der Waals surface area (Å²) >= 11 is 0. The highest BCUT2D eigenvalue weighted by Gasteiger charge is 2.21. The number of ether oxygens (including phenoxy) is 2. The molecule has 0 bridgehead atoms. The predicted octanol–water partition coefficient (Wildman–Crippen LogP) is 1.47. The molecule has 0 aliphatic rings. The van der Waals surface area contributed by atoms with Crippen molar-refractivity contribution in [1.29, 1.82) is 0 Å². The van der Waals surface area contributed by atoms with Crippen LogP contribution in [-0.2, 0) is 25.4 Å². The van der Waals surface area contributed by atoms with E-state index in [-0.39, 0.29) is 37.7 Å². The second kappa shape index (κ2) is 9.18. The monoisotopic (exact) mass is 291 g/mol. The summed E-state index contributed by atoms with van der Waals surface area (Å²) in [7, 11) is 2.68. The van der Waals surface area contributed by atoms with Gasteiger partial charge in [-0.3, -0.25) is 9.59 Å². The first kappa shape index (κ1) is 17.2. The molecule has 21 heavy (non-hydrogen) atoms. The van der Waals surface area contributed by atoms with Gasteiger partial charge in [0.25, 0.3) is 0 Å². The van der Waals surface area contributed by atoms with E-state index in [2.05, 4.69) is 14.7 Å². The third-order valence-electron chi connectivity index (χ3n) is 3.19. The molecule has 1 rings (SSSR count). The van der Waals surface area contributed by atoms with Crippen molar-refractivity contribution in [3.63, 3.8) is 0 Å². The van der Waals surface area contributed by atoms with E-state index >= 15 is 0 Å². The van der Waals surface area contributed by atoms with Crippen LogP contribution in [0, 0.1) is 0 Å². The molecule has 0 saturated carbocycles. The lowest BCUT2D eigenvalue weighted by Gasteiger charge is -2.20. The lowest BCUT2D eigenvalue weighted by Crippen LogP contribution is -2.44. The van der Waals surface area contributed by atoms with E-state index in [4.69, 9.17) is 0 Å². The number of carbonyl (C=O) groups excluding carboxylic acids is 2. The van der Waals surface area contributed by atoms with Crippen molar-refractivity contribution in [1.82, 2.24) is 5.23 Å².